The van der Waals surface area contributed by atoms with E-state index in [1.165, 1.54) is 16.6 Å². The summed E-state index contributed by atoms with van der Waals surface area (Å²) >= 11 is 1.64. The van der Waals surface area contributed by atoms with Crippen LogP contribution in [0.2, 0.25) is 0 Å². The molecule has 8 N–H and O–H groups in total. The Hall–Kier alpha value is -3.03. The van der Waals surface area contributed by atoms with Crippen LogP contribution >= 0.6 is 11.3 Å². The summed E-state index contributed by atoms with van der Waals surface area (Å²) in [6, 6.07) is 8.26. The number of aliphatic hydroxyl groups excluding tert-OH is 1. The second-order valence-electron chi connectivity index (χ2n) is 11.3. The van der Waals surface area contributed by atoms with Gasteiger partial charge in [0, 0.05) is 44.5 Å². The lowest BCUT2D eigenvalue weighted by molar-refractivity contribution is -0.132. The van der Waals surface area contributed by atoms with E-state index < -0.39 is 0 Å². The van der Waals surface area contributed by atoms with Gasteiger partial charge in [-0.05, 0) is 43.7 Å². The Morgan fingerprint density at radius 2 is 1.86 bits per heavy atom. The molecule has 0 saturated carbocycles. The van der Waals surface area contributed by atoms with Gasteiger partial charge in [0.15, 0.2) is 0 Å². The molecule has 250 valence electrons. The Kier molecular flexibility index (Phi) is 21.8. The minimum absolute atomic E-state index is 0.0455. The number of nitrogens with one attached hydrogen (secondary N) is 3. The van der Waals surface area contributed by atoms with Crippen LogP contribution in [0.1, 0.15) is 78.6 Å². The summed E-state index contributed by atoms with van der Waals surface area (Å²) in [5, 5.41) is 15.1. The van der Waals surface area contributed by atoms with E-state index in [4.69, 9.17) is 16.3 Å². The predicted octanol–water partition coefficient (Wildman–Crippen LogP) is 3.84. The summed E-state index contributed by atoms with van der Waals surface area (Å²) in [5.41, 5.74) is 13.3. The molecule has 0 aliphatic carbocycles. The largest absolute Gasteiger partial charge is 0.401 e. The minimum atomic E-state index is -0.302. The molecule has 2 aliphatic heterocycles. The zero-order valence-electron chi connectivity index (χ0n) is 28.0. The third-order valence-electron chi connectivity index (χ3n) is 6.09. The number of carbonyl (C=O) groups excluding carboxylic acids is 2. The predicted molar refractivity (Wildman–Crippen MR) is 181 cm³/mol. The van der Waals surface area contributed by atoms with Crippen LogP contribution in [0.5, 0.6) is 0 Å². The SMILES string of the molecule is C/C(N)=C/NN.C1COCCN1.CC.CC(C)(C)CC(=O)N1CCC(O)C1.Cc1ncsc1-c1ccc([C@H](C)NC=O)cc1. The van der Waals surface area contributed by atoms with Crippen LogP contribution in [-0.4, -0.2) is 72.8 Å². The van der Waals surface area contributed by atoms with Gasteiger partial charge in [-0.2, -0.15) is 0 Å². The number of carbonyl (C=O) groups is 2. The van der Waals surface area contributed by atoms with Crippen LogP contribution in [0.3, 0.4) is 0 Å². The quantitative estimate of drug-likeness (QED) is 0.157. The van der Waals surface area contributed by atoms with Crippen LogP contribution in [0.15, 0.2) is 41.7 Å². The highest BCUT2D eigenvalue weighted by molar-refractivity contribution is 7.13. The fourth-order valence-corrected chi connectivity index (χ4v) is 4.69. The van der Waals surface area contributed by atoms with E-state index in [0.29, 0.717) is 18.7 Å². The molecule has 4 rings (SSSR count). The Labute approximate surface area is 268 Å². The monoisotopic (exact) mass is 635 g/mol. The number of thiazole rings is 1. The van der Waals surface area contributed by atoms with E-state index in [2.05, 4.69) is 53.9 Å². The Morgan fingerprint density at radius 1 is 1.25 bits per heavy atom. The highest BCUT2D eigenvalue weighted by Gasteiger charge is 2.27. The first kappa shape index (κ1) is 41.0. The first-order chi connectivity index (χ1) is 20.9. The van der Waals surface area contributed by atoms with Gasteiger partial charge in [-0.25, -0.2) is 4.98 Å². The summed E-state index contributed by atoms with van der Waals surface area (Å²) in [6.45, 7) is 21.0. The first-order valence-electron chi connectivity index (χ1n) is 15.2. The number of aliphatic hydroxyl groups is 1. The molecule has 3 heterocycles. The molecular weight excluding hydrogens is 578 g/mol. The molecular formula is C32H57N7O4S. The van der Waals surface area contributed by atoms with Gasteiger partial charge in [0.25, 0.3) is 0 Å². The average molecular weight is 636 g/mol. The third-order valence-corrected chi connectivity index (χ3v) is 7.07. The number of ether oxygens (including phenoxy) is 1. The van der Waals surface area contributed by atoms with Crippen molar-refractivity contribution in [1.29, 1.82) is 0 Å². The summed E-state index contributed by atoms with van der Waals surface area (Å²) in [5.74, 6) is 4.99. The van der Waals surface area contributed by atoms with E-state index in [9.17, 15) is 14.7 Å². The zero-order chi connectivity index (χ0) is 33.5. The summed E-state index contributed by atoms with van der Waals surface area (Å²) in [6.07, 6.45) is 3.24. The van der Waals surface area contributed by atoms with Gasteiger partial charge in [-0.3, -0.25) is 15.4 Å². The molecule has 2 aliphatic rings. The van der Waals surface area contributed by atoms with Crippen molar-refractivity contribution >= 4 is 23.7 Å². The zero-order valence-corrected chi connectivity index (χ0v) is 28.8. The number of aromatic nitrogens is 1. The second-order valence-corrected chi connectivity index (χ2v) is 12.2. The van der Waals surface area contributed by atoms with Gasteiger partial charge < -0.3 is 36.5 Å². The van der Waals surface area contributed by atoms with Gasteiger partial charge in [0.1, 0.15) is 0 Å². The number of hydrogen-bond acceptors (Lipinski definition) is 10. The fraction of sp³-hybridized carbons (Fsp3) is 0.594. The van der Waals surface area contributed by atoms with Crippen molar-refractivity contribution < 1.29 is 19.4 Å². The number of nitrogens with two attached hydrogens (primary N) is 2. The summed E-state index contributed by atoms with van der Waals surface area (Å²) in [7, 11) is 0. The number of nitrogens with zero attached hydrogens (tertiary/aromatic N) is 2. The maximum absolute atomic E-state index is 11.6. The van der Waals surface area contributed by atoms with Crippen molar-refractivity contribution in [3.8, 4) is 10.4 Å². The number of benzene rings is 1. The number of morpholine rings is 1. The van der Waals surface area contributed by atoms with E-state index in [1.54, 1.807) is 23.2 Å². The van der Waals surface area contributed by atoms with Gasteiger partial charge >= 0.3 is 0 Å². The number of amides is 2. The molecule has 2 aromatic rings. The van der Waals surface area contributed by atoms with Crippen LogP contribution in [0.25, 0.3) is 10.4 Å². The first-order valence-corrected chi connectivity index (χ1v) is 16.1. The highest BCUT2D eigenvalue weighted by atomic mass is 32.1. The Balaban J connectivity index is 0.000000602. The van der Waals surface area contributed by atoms with E-state index in [-0.39, 0.29) is 23.5 Å². The molecule has 0 radical (unpaired) electrons. The summed E-state index contributed by atoms with van der Waals surface area (Å²) < 4.78 is 5.01. The van der Waals surface area contributed by atoms with Gasteiger partial charge in [0.2, 0.25) is 12.3 Å². The number of hydrogen-bond donors (Lipinski definition) is 6. The third kappa shape index (κ3) is 18.6. The van der Waals surface area contributed by atoms with Crippen molar-refractivity contribution in [2.45, 2.75) is 80.4 Å². The molecule has 12 heteroatoms. The van der Waals surface area contributed by atoms with E-state index in [0.717, 1.165) is 56.9 Å². The lowest BCUT2D eigenvalue weighted by atomic mass is 9.92. The average Bonchev–Trinajstić information content (AvgIpc) is 3.63. The number of β-amino-alcohol motifs (C(OH)–C–C–N with tert-alkyl or cyclic N) is 1. The smallest absolute Gasteiger partial charge is 0.223 e. The molecule has 0 spiro atoms. The van der Waals surface area contributed by atoms with Crippen LogP contribution < -0.4 is 27.6 Å². The Bertz CT molecular complexity index is 1050. The maximum atomic E-state index is 11.6. The van der Waals surface area contributed by atoms with E-state index in [1.807, 2.05) is 45.3 Å². The van der Waals surface area contributed by atoms with Crippen molar-refractivity contribution in [2.75, 3.05) is 39.4 Å². The molecule has 2 atom stereocenters. The number of rotatable bonds is 6. The molecule has 2 saturated heterocycles. The van der Waals surface area contributed by atoms with Crippen molar-refractivity contribution in [3.05, 3.63) is 52.9 Å². The lowest BCUT2D eigenvalue weighted by Gasteiger charge is -2.22. The molecule has 0 bridgehead atoms. The number of hydrazine groups is 1. The van der Waals surface area contributed by atoms with Gasteiger partial charge in [-0.15, -0.1) is 11.3 Å². The number of likely N-dealkylation sites (tertiary alicyclic amines) is 1. The second kappa shape index (κ2) is 23.4. The van der Waals surface area contributed by atoms with Crippen molar-refractivity contribution in [1.82, 2.24) is 25.9 Å². The number of allylic oxidation sites excluding steroid dienone is 1. The lowest BCUT2D eigenvalue weighted by Crippen LogP contribution is -2.32. The normalized spacial score (nSPS) is 16.6. The van der Waals surface area contributed by atoms with Crippen LogP contribution in [0, 0.1) is 12.3 Å². The van der Waals surface area contributed by atoms with E-state index >= 15 is 0 Å². The molecule has 2 amide bonds. The van der Waals surface area contributed by atoms with Crippen LogP contribution in [-0.2, 0) is 14.3 Å². The highest BCUT2D eigenvalue weighted by Crippen LogP contribution is 2.28. The molecule has 1 aromatic heterocycles. The topological polar surface area (TPSA) is 168 Å². The molecule has 1 unspecified atom stereocenters. The molecule has 11 nitrogen and oxygen atoms in total. The number of aryl methyl sites for hydroxylation is 1. The van der Waals surface area contributed by atoms with Crippen molar-refractivity contribution in [3.63, 3.8) is 0 Å². The van der Waals surface area contributed by atoms with Gasteiger partial charge in [0.05, 0.1) is 41.4 Å². The molecule has 1 aromatic carbocycles. The maximum Gasteiger partial charge on any atom is 0.223 e. The van der Waals surface area contributed by atoms with Gasteiger partial charge in [-0.1, -0.05) is 58.9 Å². The standard InChI is InChI=1S/C13H14N2OS.C10H19NO2.C4H9NO.C3H9N3.C2H6/c1-9(14-7-16)11-3-5-12(6-4-11)13-10(2)15-8-17-13;1-10(2,3)6-9(13)11-5-4-8(12)7-11;1-3-6-4-2-5-1;1-3(4)2-6-5;1-2/h3-9H,1-2H3,(H,14,16);8,12H,4-7H2,1-3H3;5H,1-4H2;2,6H,4-5H2,1H3;1-2H3/b;;;3-2-;/t9-;;;;/m0..../s1. The van der Waals surface area contributed by atoms with Crippen LogP contribution in [0.4, 0.5) is 0 Å². The Morgan fingerprint density at radius 3 is 2.20 bits per heavy atom. The fourth-order valence-electron chi connectivity index (χ4n) is 3.88. The summed E-state index contributed by atoms with van der Waals surface area (Å²) in [4.78, 5) is 29.2. The minimum Gasteiger partial charge on any atom is -0.401 e. The van der Waals surface area contributed by atoms with Crippen molar-refractivity contribution in [2.24, 2.45) is 17.0 Å². The molecule has 2 fully saturated rings. The molecule has 44 heavy (non-hydrogen) atoms.